The van der Waals surface area contributed by atoms with Crippen LogP contribution in [0.25, 0.3) is 0 Å². The molecule has 0 bridgehead atoms. The fourth-order valence-electron chi connectivity index (χ4n) is 0.944. The first kappa shape index (κ1) is 11.5. The van der Waals surface area contributed by atoms with Gasteiger partial charge >= 0.3 is 0 Å². The third kappa shape index (κ3) is 4.44. The maximum Gasteiger partial charge on any atom is 0.218 e. The highest BCUT2D eigenvalue weighted by molar-refractivity contribution is 5.37. The number of ether oxygens (including phenoxy) is 1. The Morgan fingerprint density at radius 2 is 2.33 bits per heavy atom. The molecule has 0 fully saturated rings. The van der Waals surface area contributed by atoms with Crippen molar-refractivity contribution >= 4 is 5.82 Å². The summed E-state index contributed by atoms with van der Waals surface area (Å²) in [7, 11) is 0. The molecule has 0 aromatic carbocycles. The molecule has 0 saturated carbocycles. The van der Waals surface area contributed by atoms with Crippen LogP contribution >= 0.6 is 0 Å². The van der Waals surface area contributed by atoms with E-state index in [1.807, 2.05) is 0 Å². The van der Waals surface area contributed by atoms with E-state index in [1.165, 1.54) is 6.33 Å². The summed E-state index contributed by atoms with van der Waals surface area (Å²) in [5.74, 6) is 1.85. The fourth-order valence-corrected chi connectivity index (χ4v) is 0.944. The van der Waals surface area contributed by atoms with Crippen molar-refractivity contribution in [3.8, 4) is 5.88 Å². The van der Waals surface area contributed by atoms with E-state index in [2.05, 4.69) is 35.7 Å². The van der Waals surface area contributed by atoms with Crippen molar-refractivity contribution in [1.29, 1.82) is 0 Å². The first-order chi connectivity index (χ1) is 7.22. The van der Waals surface area contributed by atoms with E-state index in [0.717, 1.165) is 5.82 Å². The minimum absolute atomic E-state index is 0.490. The second-order valence-electron chi connectivity index (χ2n) is 3.62. The molecule has 1 heterocycles. The predicted octanol–water partition coefficient (Wildman–Crippen LogP) is 2.11. The molecule has 0 aliphatic heterocycles. The third-order valence-corrected chi connectivity index (χ3v) is 1.63. The summed E-state index contributed by atoms with van der Waals surface area (Å²) in [5.41, 5.74) is 0. The summed E-state index contributed by atoms with van der Waals surface area (Å²) in [6.07, 6.45) is 3.26. The molecule has 1 N–H and O–H groups in total. The van der Waals surface area contributed by atoms with Crippen LogP contribution in [0.15, 0.2) is 25.0 Å². The van der Waals surface area contributed by atoms with Crippen molar-refractivity contribution < 1.29 is 4.74 Å². The minimum atomic E-state index is 0.490. The van der Waals surface area contributed by atoms with Crippen LogP contribution in [0.5, 0.6) is 5.88 Å². The Morgan fingerprint density at radius 3 is 3.00 bits per heavy atom. The standard InChI is InChI=1S/C11H17N3O/c1-4-5-12-10-6-11(14-8-13-10)15-7-9(2)3/h4,6,8-9H,1,5,7H2,2-3H3,(H,12,13,14). The van der Waals surface area contributed by atoms with E-state index >= 15 is 0 Å². The van der Waals surface area contributed by atoms with E-state index < -0.39 is 0 Å². The maximum absolute atomic E-state index is 5.47. The van der Waals surface area contributed by atoms with Crippen LogP contribution in [-0.2, 0) is 0 Å². The quantitative estimate of drug-likeness (QED) is 0.726. The van der Waals surface area contributed by atoms with Crippen molar-refractivity contribution in [2.24, 2.45) is 5.92 Å². The maximum atomic E-state index is 5.47. The Bertz CT molecular complexity index is 312. The molecule has 0 atom stereocenters. The van der Waals surface area contributed by atoms with Crippen LogP contribution in [0.4, 0.5) is 5.82 Å². The van der Waals surface area contributed by atoms with E-state index in [1.54, 1.807) is 12.1 Å². The summed E-state index contributed by atoms with van der Waals surface area (Å²) in [5, 5.41) is 3.07. The van der Waals surface area contributed by atoms with Gasteiger partial charge in [-0.05, 0) is 5.92 Å². The highest BCUT2D eigenvalue weighted by Crippen LogP contribution is 2.11. The SMILES string of the molecule is C=CCNc1cc(OCC(C)C)ncn1. The summed E-state index contributed by atoms with van der Waals surface area (Å²) in [6, 6.07) is 1.78. The number of hydrogen-bond donors (Lipinski definition) is 1. The Labute approximate surface area is 90.4 Å². The van der Waals surface area contributed by atoms with E-state index in [-0.39, 0.29) is 0 Å². The Hall–Kier alpha value is -1.58. The molecule has 1 aromatic rings. The number of anilines is 1. The summed E-state index contributed by atoms with van der Waals surface area (Å²) < 4.78 is 5.47. The zero-order chi connectivity index (χ0) is 11.1. The molecular formula is C11H17N3O. The van der Waals surface area contributed by atoms with Crippen LogP contribution in [0, 0.1) is 5.92 Å². The van der Waals surface area contributed by atoms with E-state index in [4.69, 9.17) is 4.74 Å². The molecular weight excluding hydrogens is 190 g/mol. The molecule has 0 spiro atoms. The average Bonchev–Trinajstić information content (AvgIpc) is 2.24. The monoisotopic (exact) mass is 207 g/mol. The second kappa shape index (κ2) is 6.01. The molecule has 4 nitrogen and oxygen atoms in total. The Morgan fingerprint density at radius 1 is 1.53 bits per heavy atom. The number of hydrogen-bond acceptors (Lipinski definition) is 4. The highest BCUT2D eigenvalue weighted by atomic mass is 16.5. The second-order valence-corrected chi connectivity index (χ2v) is 3.62. The van der Waals surface area contributed by atoms with Gasteiger partial charge in [-0.2, -0.15) is 0 Å². The Kier molecular flexibility index (Phi) is 4.60. The predicted molar refractivity (Wildman–Crippen MR) is 61.1 cm³/mol. The van der Waals surface area contributed by atoms with Gasteiger partial charge in [0, 0.05) is 12.6 Å². The molecule has 0 aliphatic carbocycles. The first-order valence-corrected chi connectivity index (χ1v) is 5.02. The third-order valence-electron chi connectivity index (χ3n) is 1.63. The molecule has 1 aromatic heterocycles. The lowest BCUT2D eigenvalue weighted by Gasteiger charge is -2.08. The molecule has 15 heavy (non-hydrogen) atoms. The molecule has 82 valence electrons. The lowest BCUT2D eigenvalue weighted by atomic mass is 10.2. The number of rotatable bonds is 6. The van der Waals surface area contributed by atoms with Crippen molar-refractivity contribution in [2.75, 3.05) is 18.5 Å². The average molecular weight is 207 g/mol. The number of aromatic nitrogens is 2. The molecule has 1 rings (SSSR count). The lowest BCUT2D eigenvalue weighted by molar-refractivity contribution is 0.261. The molecule has 0 saturated heterocycles. The van der Waals surface area contributed by atoms with E-state index in [0.29, 0.717) is 24.9 Å². The van der Waals surface area contributed by atoms with E-state index in [9.17, 15) is 0 Å². The van der Waals surface area contributed by atoms with Gasteiger partial charge in [0.25, 0.3) is 0 Å². The summed E-state index contributed by atoms with van der Waals surface area (Å²) >= 11 is 0. The molecule has 0 radical (unpaired) electrons. The van der Waals surface area contributed by atoms with Crippen LogP contribution < -0.4 is 10.1 Å². The van der Waals surface area contributed by atoms with Crippen molar-refractivity contribution in [3.63, 3.8) is 0 Å². The van der Waals surface area contributed by atoms with Crippen LogP contribution in [0.1, 0.15) is 13.8 Å². The largest absolute Gasteiger partial charge is 0.477 e. The fraction of sp³-hybridized carbons (Fsp3) is 0.455. The van der Waals surface area contributed by atoms with Gasteiger partial charge in [-0.3, -0.25) is 0 Å². The van der Waals surface area contributed by atoms with Gasteiger partial charge in [-0.1, -0.05) is 19.9 Å². The zero-order valence-electron chi connectivity index (χ0n) is 9.23. The van der Waals surface area contributed by atoms with Gasteiger partial charge in [-0.25, -0.2) is 9.97 Å². The number of nitrogens with zero attached hydrogens (tertiary/aromatic N) is 2. The summed E-state index contributed by atoms with van der Waals surface area (Å²) in [6.45, 7) is 9.16. The van der Waals surface area contributed by atoms with Gasteiger partial charge in [0.15, 0.2) is 0 Å². The lowest BCUT2D eigenvalue weighted by Crippen LogP contribution is -2.07. The van der Waals surface area contributed by atoms with Gasteiger partial charge in [0.1, 0.15) is 12.1 Å². The highest BCUT2D eigenvalue weighted by Gasteiger charge is 2.00. The van der Waals surface area contributed by atoms with Crippen LogP contribution in [0.2, 0.25) is 0 Å². The minimum Gasteiger partial charge on any atom is -0.477 e. The molecule has 0 unspecified atom stereocenters. The zero-order valence-corrected chi connectivity index (χ0v) is 9.23. The van der Waals surface area contributed by atoms with Crippen LogP contribution in [0.3, 0.4) is 0 Å². The van der Waals surface area contributed by atoms with Crippen LogP contribution in [-0.4, -0.2) is 23.1 Å². The molecule has 0 amide bonds. The van der Waals surface area contributed by atoms with Gasteiger partial charge < -0.3 is 10.1 Å². The topological polar surface area (TPSA) is 47.0 Å². The Balaban J connectivity index is 2.53. The molecule has 0 aliphatic rings. The normalized spacial score (nSPS) is 10.1. The van der Waals surface area contributed by atoms with Gasteiger partial charge in [0.05, 0.1) is 6.61 Å². The first-order valence-electron chi connectivity index (χ1n) is 5.02. The van der Waals surface area contributed by atoms with Gasteiger partial charge in [0.2, 0.25) is 5.88 Å². The van der Waals surface area contributed by atoms with Crippen molar-refractivity contribution in [2.45, 2.75) is 13.8 Å². The molecule has 4 heteroatoms. The van der Waals surface area contributed by atoms with Crippen molar-refractivity contribution in [1.82, 2.24) is 9.97 Å². The number of nitrogens with one attached hydrogen (secondary N) is 1. The summed E-state index contributed by atoms with van der Waals surface area (Å²) in [4.78, 5) is 8.07. The van der Waals surface area contributed by atoms with Gasteiger partial charge in [-0.15, -0.1) is 6.58 Å². The smallest absolute Gasteiger partial charge is 0.218 e. The van der Waals surface area contributed by atoms with Crippen molar-refractivity contribution in [3.05, 3.63) is 25.0 Å².